The number of amides is 1. The summed E-state index contributed by atoms with van der Waals surface area (Å²) in [6.45, 7) is 1.60. The Bertz CT molecular complexity index is 1170. The molecule has 1 atom stereocenters. The van der Waals surface area contributed by atoms with Gasteiger partial charge in [0, 0.05) is 23.4 Å². The van der Waals surface area contributed by atoms with E-state index in [2.05, 4.69) is 20.4 Å². The third kappa shape index (κ3) is 3.90. The summed E-state index contributed by atoms with van der Waals surface area (Å²) in [5, 5.41) is 8.37. The standard InChI is InChI=1S/C20H14F2N4O2S/c1-11-23-18(26-28-11)17(12-6-2-4-8-14(12)21)25-19(27)16-10-29-20(24-16)13-7-3-5-9-15(13)22/h2-10,17H,1H3,(H,25,27). The maximum Gasteiger partial charge on any atom is 0.271 e. The van der Waals surface area contributed by atoms with Gasteiger partial charge in [0.2, 0.25) is 5.89 Å². The van der Waals surface area contributed by atoms with Gasteiger partial charge in [-0.2, -0.15) is 4.98 Å². The number of carbonyl (C=O) groups excluding carboxylic acids is 1. The monoisotopic (exact) mass is 412 g/mol. The Morgan fingerprint density at radius 1 is 1.07 bits per heavy atom. The van der Waals surface area contributed by atoms with Crippen LogP contribution in [0.4, 0.5) is 8.78 Å². The summed E-state index contributed by atoms with van der Waals surface area (Å²) >= 11 is 1.14. The number of carbonyl (C=O) groups is 1. The van der Waals surface area contributed by atoms with Crippen LogP contribution in [0.1, 0.15) is 33.8 Å². The number of hydrogen-bond acceptors (Lipinski definition) is 6. The van der Waals surface area contributed by atoms with Crippen LogP contribution < -0.4 is 5.32 Å². The summed E-state index contributed by atoms with van der Waals surface area (Å²) < 4.78 is 33.3. The number of aromatic nitrogens is 3. The molecule has 1 unspecified atom stereocenters. The van der Waals surface area contributed by atoms with E-state index >= 15 is 0 Å². The van der Waals surface area contributed by atoms with Gasteiger partial charge < -0.3 is 9.84 Å². The first kappa shape index (κ1) is 18.9. The molecular formula is C20H14F2N4O2S. The lowest BCUT2D eigenvalue weighted by molar-refractivity contribution is 0.0936. The minimum Gasteiger partial charge on any atom is -0.340 e. The Labute approximate surface area is 168 Å². The topological polar surface area (TPSA) is 80.9 Å². The smallest absolute Gasteiger partial charge is 0.271 e. The lowest BCUT2D eigenvalue weighted by Crippen LogP contribution is -2.31. The molecule has 6 nitrogen and oxygen atoms in total. The molecule has 0 bridgehead atoms. The molecule has 4 rings (SSSR count). The summed E-state index contributed by atoms with van der Waals surface area (Å²) in [6.07, 6.45) is 0. The van der Waals surface area contributed by atoms with E-state index < -0.39 is 23.6 Å². The van der Waals surface area contributed by atoms with Crippen LogP contribution in [0.5, 0.6) is 0 Å². The summed E-state index contributed by atoms with van der Waals surface area (Å²) in [6, 6.07) is 11.2. The van der Waals surface area contributed by atoms with Crippen LogP contribution in [-0.2, 0) is 0 Å². The van der Waals surface area contributed by atoms with Crippen molar-refractivity contribution in [2.24, 2.45) is 0 Å². The number of rotatable bonds is 5. The fourth-order valence-corrected chi connectivity index (χ4v) is 3.59. The molecule has 0 spiro atoms. The van der Waals surface area contributed by atoms with E-state index in [1.807, 2.05) is 0 Å². The quantitative estimate of drug-likeness (QED) is 0.529. The van der Waals surface area contributed by atoms with Gasteiger partial charge in [0.15, 0.2) is 5.82 Å². The Kier molecular flexibility index (Phi) is 5.13. The molecule has 0 radical (unpaired) electrons. The third-order valence-electron chi connectivity index (χ3n) is 4.13. The van der Waals surface area contributed by atoms with E-state index in [4.69, 9.17) is 4.52 Å². The van der Waals surface area contributed by atoms with Gasteiger partial charge in [-0.15, -0.1) is 11.3 Å². The van der Waals surface area contributed by atoms with E-state index in [-0.39, 0.29) is 23.0 Å². The van der Waals surface area contributed by atoms with Gasteiger partial charge in [-0.25, -0.2) is 13.8 Å². The molecule has 0 aliphatic heterocycles. The summed E-state index contributed by atoms with van der Waals surface area (Å²) in [7, 11) is 0. The summed E-state index contributed by atoms with van der Waals surface area (Å²) in [5.74, 6) is -1.12. The van der Waals surface area contributed by atoms with Crippen molar-refractivity contribution >= 4 is 17.2 Å². The van der Waals surface area contributed by atoms with E-state index in [0.29, 0.717) is 10.6 Å². The predicted molar refractivity (Wildman–Crippen MR) is 102 cm³/mol. The number of aryl methyl sites for hydroxylation is 1. The van der Waals surface area contributed by atoms with Crippen LogP contribution in [0.3, 0.4) is 0 Å². The van der Waals surface area contributed by atoms with Gasteiger partial charge in [0.25, 0.3) is 5.91 Å². The molecule has 29 heavy (non-hydrogen) atoms. The molecule has 0 fully saturated rings. The minimum absolute atomic E-state index is 0.0785. The normalized spacial score (nSPS) is 12.0. The van der Waals surface area contributed by atoms with Gasteiger partial charge in [-0.05, 0) is 18.2 Å². The molecule has 0 aliphatic carbocycles. The molecule has 1 amide bonds. The van der Waals surface area contributed by atoms with Crippen LogP contribution >= 0.6 is 11.3 Å². The number of benzene rings is 2. The molecule has 4 aromatic rings. The molecule has 0 saturated carbocycles. The fraction of sp³-hybridized carbons (Fsp3) is 0.100. The van der Waals surface area contributed by atoms with Crippen molar-refractivity contribution in [1.29, 1.82) is 0 Å². The highest BCUT2D eigenvalue weighted by molar-refractivity contribution is 7.13. The van der Waals surface area contributed by atoms with Crippen LogP contribution in [0.25, 0.3) is 10.6 Å². The average molecular weight is 412 g/mol. The average Bonchev–Trinajstić information content (AvgIpc) is 3.36. The second-order valence-corrected chi connectivity index (χ2v) is 6.98. The number of nitrogens with one attached hydrogen (secondary N) is 1. The van der Waals surface area contributed by atoms with Gasteiger partial charge in [0.1, 0.15) is 28.4 Å². The van der Waals surface area contributed by atoms with Crippen molar-refractivity contribution in [3.05, 3.63) is 88.5 Å². The number of thiazole rings is 1. The zero-order valence-corrected chi connectivity index (χ0v) is 15.9. The lowest BCUT2D eigenvalue weighted by Gasteiger charge is -2.15. The van der Waals surface area contributed by atoms with E-state index in [9.17, 15) is 13.6 Å². The van der Waals surface area contributed by atoms with Crippen LogP contribution in [-0.4, -0.2) is 21.0 Å². The molecule has 0 saturated heterocycles. The fourth-order valence-electron chi connectivity index (χ4n) is 2.76. The Hall–Kier alpha value is -3.46. The number of hydrogen-bond donors (Lipinski definition) is 1. The summed E-state index contributed by atoms with van der Waals surface area (Å²) in [5.41, 5.74) is 0.567. The van der Waals surface area contributed by atoms with E-state index in [1.165, 1.54) is 23.6 Å². The van der Waals surface area contributed by atoms with Gasteiger partial charge in [0.05, 0.1) is 0 Å². The maximum atomic E-state index is 14.4. The SMILES string of the molecule is Cc1nc(C(NC(=O)c2csc(-c3ccccc3F)n2)c2ccccc2F)no1. The molecule has 2 heterocycles. The van der Waals surface area contributed by atoms with Crippen molar-refractivity contribution in [3.8, 4) is 10.6 Å². The van der Waals surface area contributed by atoms with E-state index in [1.54, 1.807) is 37.3 Å². The Morgan fingerprint density at radius 2 is 1.79 bits per heavy atom. The van der Waals surface area contributed by atoms with Crippen molar-refractivity contribution in [1.82, 2.24) is 20.4 Å². The van der Waals surface area contributed by atoms with Crippen molar-refractivity contribution in [3.63, 3.8) is 0 Å². The minimum atomic E-state index is -0.972. The van der Waals surface area contributed by atoms with Gasteiger partial charge >= 0.3 is 0 Å². The third-order valence-corrected chi connectivity index (χ3v) is 5.01. The van der Waals surface area contributed by atoms with E-state index in [0.717, 1.165) is 11.3 Å². The second-order valence-electron chi connectivity index (χ2n) is 6.12. The largest absolute Gasteiger partial charge is 0.340 e. The molecule has 0 aliphatic rings. The first-order valence-electron chi connectivity index (χ1n) is 8.59. The van der Waals surface area contributed by atoms with Crippen LogP contribution in [0.15, 0.2) is 58.4 Å². The zero-order valence-electron chi connectivity index (χ0n) is 15.1. The summed E-state index contributed by atoms with van der Waals surface area (Å²) in [4.78, 5) is 21.1. The highest BCUT2D eigenvalue weighted by atomic mass is 32.1. The van der Waals surface area contributed by atoms with Crippen molar-refractivity contribution < 1.29 is 18.1 Å². The van der Waals surface area contributed by atoms with Gasteiger partial charge in [-0.1, -0.05) is 35.5 Å². The molecular weight excluding hydrogens is 398 g/mol. The molecule has 9 heteroatoms. The number of nitrogens with zero attached hydrogens (tertiary/aromatic N) is 3. The maximum absolute atomic E-state index is 14.4. The van der Waals surface area contributed by atoms with Crippen LogP contribution in [0.2, 0.25) is 0 Å². The molecule has 146 valence electrons. The van der Waals surface area contributed by atoms with Crippen LogP contribution in [0, 0.1) is 18.6 Å². The predicted octanol–water partition coefficient (Wildman–Crippen LogP) is 4.30. The highest BCUT2D eigenvalue weighted by Gasteiger charge is 2.26. The number of halogens is 2. The van der Waals surface area contributed by atoms with Crippen molar-refractivity contribution in [2.75, 3.05) is 0 Å². The molecule has 1 N–H and O–H groups in total. The zero-order chi connectivity index (χ0) is 20.4. The second kappa shape index (κ2) is 7.88. The van der Waals surface area contributed by atoms with Gasteiger partial charge in [-0.3, -0.25) is 4.79 Å². The molecule has 2 aromatic heterocycles. The lowest BCUT2D eigenvalue weighted by atomic mass is 10.1. The first-order chi connectivity index (χ1) is 14.0. The van der Waals surface area contributed by atoms with Crippen molar-refractivity contribution in [2.45, 2.75) is 13.0 Å². The highest BCUT2D eigenvalue weighted by Crippen LogP contribution is 2.27. The molecule has 2 aromatic carbocycles. The first-order valence-corrected chi connectivity index (χ1v) is 9.47. The Morgan fingerprint density at radius 3 is 2.48 bits per heavy atom. The Balaban J connectivity index is 1.64.